The molecule has 0 saturated carbocycles. The standard InChI is InChI=1S/C18H21FN2O3/c1-21(11-13-8-9-16(23-2)14(19)10-13)12-18(22)20-15-6-4-5-7-17(15)24-3/h4-10H,11-12H2,1-3H3,(H,20,22)/p+1. The maximum Gasteiger partial charge on any atom is 0.279 e. The molecule has 0 bridgehead atoms. The first-order valence-corrected chi connectivity index (χ1v) is 7.60. The lowest BCUT2D eigenvalue weighted by atomic mass is 10.2. The highest BCUT2D eigenvalue weighted by Crippen LogP contribution is 2.22. The van der Waals surface area contributed by atoms with E-state index in [0.29, 0.717) is 18.0 Å². The molecule has 1 amide bonds. The number of halogens is 1. The van der Waals surface area contributed by atoms with E-state index in [1.165, 1.54) is 13.2 Å². The first kappa shape index (κ1) is 17.7. The van der Waals surface area contributed by atoms with Gasteiger partial charge in [0.2, 0.25) is 0 Å². The number of ether oxygens (including phenoxy) is 2. The summed E-state index contributed by atoms with van der Waals surface area (Å²) in [6.07, 6.45) is 0. The van der Waals surface area contributed by atoms with Gasteiger partial charge in [-0.2, -0.15) is 0 Å². The van der Waals surface area contributed by atoms with E-state index in [0.717, 1.165) is 10.5 Å². The van der Waals surface area contributed by atoms with Crippen molar-refractivity contribution in [2.75, 3.05) is 33.1 Å². The van der Waals surface area contributed by atoms with E-state index >= 15 is 0 Å². The molecule has 128 valence electrons. The Bertz CT molecular complexity index is 706. The van der Waals surface area contributed by atoms with Crippen molar-refractivity contribution in [3.63, 3.8) is 0 Å². The molecular weight excluding hydrogens is 311 g/mol. The SMILES string of the molecule is COc1ccc(C[NH+](C)CC(=O)Nc2ccccc2OC)cc1F. The Hall–Kier alpha value is -2.60. The lowest BCUT2D eigenvalue weighted by Crippen LogP contribution is -3.08. The fourth-order valence-corrected chi connectivity index (χ4v) is 2.45. The van der Waals surface area contributed by atoms with Gasteiger partial charge < -0.3 is 19.7 Å². The van der Waals surface area contributed by atoms with Gasteiger partial charge in [0.1, 0.15) is 12.3 Å². The van der Waals surface area contributed by atoms with Crippen LogP contribution < -0.4 is 19.7 Å². The molecule has 24 heavy (non-hydrogen) atoms. The molecule has 0 aliphatic carbocycles. The summed E-state index contributed by atoms with van der Waals surface area (Å²) >= 11 is 0. The van der Waals surface area contributed by atoms with Crippen LogP contribution in [0, 0.1) is 5.82 Å². The molecule has 1 atom stereocenters. The maximum absolute atomic E-state index is 13.7. The highest BCUT2D eigenvalue weighted by molar-refractivity contribution is 5.92. The van der Waals surface area contributed by atoms with E-state index in [2.05, 4.69) is 5.32 Å². The molecule has 6 heteroatoms. The van der Waals surface area contributed by atoms with E-state index in [9.17, 15) is 9.18 Å². The summed E-state index contributed by atoms with van der Waals surface area (Å²) in [5.74, 6) is 0.290. The van der Waals surface area contributed by atoms with Crippen LogP contribution in [0.1, 0.15) is 5.56 Å². The monoisotopic (exact) mass is 333 g/mol. The maximum atomic E-state index is 13.7. The third-order valence-corrected chi connectivity index (χ3v) is 3.57. The second-order valence-corrected chi connectivity index (χ2v) is 5.53. The molecule has 2 rings (SSSR count). The number of rotatable bonds is 7. The summed E-state index contributed by atoms with van der Waals surface area (Å²) in [6, 6.07) is 12.0. The summed E-state index contributed by atoms with van der Waals surface area (Å²) in [5.41, 5.74) is 1.43. The molecule has 0 aromatic heterocycles. The van der Waals surface area contributed by atoms with Crippen molar-refractivity contribution >= 4 is 11.6 Å². The van der Waals surface area contributed by atoms with Crippen LogP contribution in [-0.2, 0) is 11.3 Å². The minimum atomic E-state index is -0.402. The van der Waals surface area contributed by atoms with Gasteiger partial charge in [0.15, 0.2) is 18.1 Å². The number of likely N-dealkylation sites (N-methyl/N-ethyl adjacent to an activating group) is 1. The number of hydrogen-bond donors (Lipinski definition) is 2. The number of carbonyl (C=O) groups excluding carboxylic acids is 1. The Morgan fingerprint density at radius 1 is 1.12 bits per heavy atom. The van der Waals surface area contributed by atoms with Crippen LogP contribution in [0.2, 0.25) is 0 Å². The Morgan fingerprint density at radius 3 is 2.50 bits per heavy atom. The topological polar surface area (TPSA) is 52.0 Å². The molecule has 0 spiro atoms. The van der Waals surface area contributed by atoms with Gasteiger partial charge >= 0.3 is 0 Å². The fraction of sp³-hybridized carbons (Fsp3) is 0.278. The van der Waals surface area contributed by atoms with Gasteiger partial charge in [-0.25, -0.2) is 4.39 Å². The van der Waals surface area contributed by atoms with Gasteiger partial charge in [0, 0.05) is 5.56 Å². The van der Waals surface area contributed by atoms with Crippen molar-refractivity contribution in [2.24, 2.45) is 0 Å². The van der Waals surface area contributed by atoms with Crippen LogP contribution in [0.4, 0.5) is 10.1 Å². The largest absolute Gasteiger partial charge is 0.495 e. The molecule has 0 fully saturated rings. The van der Waals surface area contributed by atoms with Gasteiger partial charge in [-0.3, -0.25) is 4.79 Å². The molecule has 2 aromatic carbocycles. The highest BCUT2D eigenvalue weighted by Gasteiger charge is 2.14. The molecule has 0 aliphatic rings. The summed E-state index contributed by atoms with van der Waals surface area (Å²) in [6.45, 7) is 0.784. The molecular formula is C18H22FN2O3+. The molecule has 5 nitrogen and oxygen atoms in total. The number of quaternary nitrogens is 1. The zero-order valence-electron chi connectivity index (χ0n) is 14.1. The molecule has 0 radical (unpaired) electrons. The third kappa shape index (κ3) is 4.70. The van der Waals surface area contributed by atoms with Crippen molar-refractivity contribution in [3.8, 4) is 11.5 Å². The van der Waals surface area contributed by atoms with Gasteiger partial charge in [0.05, 0.1) is 27.0 Å². The Kier molecular flexibility index (Phi) is 6.14. The van der Waals surface area contributed by atoms with E-state index in [4.69, 9.17) is 9.47 Å². The molecule has 0 aliphatic heterocycles. The lowest BCUT2D eigenvalue weighted by molar-refractivity contribution is -0.885. The van der Waals surface area contributed by atoms with E-state index in [1.54, 1.807) is 31.4 Å². The van der Waals surface area contributed by atoms with Crippen molar-refractivity contribution in [1.29, 1.82) is 0 Å². The second-order valence-electron chi connectivity index (χ2n) is 5.53. The normalized spacial score (nSPS) is 11.7. The number of carbonyl (C=O) groups is 1. The number of para-hydroxylation sites is 2. The van der Waals surface area contributed by atoms with Crippen molar-refractivity contribution in [2.45, 2.75) is 6.54 Å². The van der Waals surface area contributed by atoms with Crippen LogP contribution in [0.25, 0.3) is 0 Å². The van der Waals surface area contributed by atoms with E-state index in [-0.39, 0.29) is 18.2 Å². The zero-order valence-corrected chi connectivity index (χ0v) is 14.1. The first-order valence-electron chi connectivity index (χ1n) is 7.60. The lowest BCUT2D eigenvalue weighted by Gasteiger charge is -2.15. The first-order chi connectivity index (χ1) is 11.5. The van der Waals surface area contributed by atoms with Crippen molar-refractivity contribution in [1.82, 2.24) is 0 Å². The molecule has 1 unspecified atom stereocenters. The molecule has 2 N–H and O–H groups in total. The summed E-state index contributed by atoms with van der Waals surface area (Å²) in [4.78, 5) is 13.1. The quantitative estimate of drug-likeness (QED) is 0.807. The predicted molar refractivity (Wildman–Crippen MR) is 90.0 cm³/mol. The minimum Gasteiger partial charge on any atom is -0.495 e. The Labute approximate surface area is 141 Å². The average molecular weight is 333 g/mol. The molecule has 0 saturated heterocycles. The van der Waals surface area contributed by atoms with Crippen LogP contribution in [-0.4, -0.2) is 33.7 Å². The Morgan fingerprint density at radius 2 is 1.83 bits per heavy atom. The van der Waals surface area contributed by atoms with Crippen molar-refractivity contribution < 1.29 is 23.6 Å². The number of nitrogens with one attached hydrogen (secondary N) is 2. The Balaban J connectivity index is 1.93. The number of anilines is 1. The van der Waals surface area contributed by atoms with Gasteiger partial charge in [-0.05, 0) is 30.3 Å². The van der Waals surface area contributed by atoms with Gasteiger partial charge in [-0.1, -0.05) is 12.1 Å². The van der Waals surface area contributed by atoms with E-state index < -0.39 is 5.82 Å². The highest BCUT2D eigenvalue weighted by atomic mass is 19.1. The second kappa shape index (κ2) is 8.31. The number of benzene rings is 2. The van der Waals surface area contributed by atoms with Crippen LogP contribution >= 0.6 is 0 Å². The summed E-state index contributed by atoms with van der Waals surface area (Å²) < 4.78 is 23.8. The van der Waals surface area contributed by atoms with Gasteiger partial charge in [-0.15, -0.1) is 0 Å². The number of amides is 1. The molecule has 2 aromatic rings. The fourth-order valence-electron chi connectivity index (χ4n) is 2.45. The molecule has 0 heterocycles. The number of hydrogen-bond acceptors (Lipinski definition) is 3. The third-order valence-electron chi connectivity index (χ3n) is 3.57. The smallest absolute Gasteiger partial charge is 0.279 e. The van der Waals surface area contributed by atoms with Crippen molar-refractivity contribution in [3.05, 3.63) is 53.8 Å². The van der Waals surface area contributed by atoms with Crippen LogP contribution in [0.5, 0.6) is 11.5 Å². The number of methoxy groups -OCH3 is 2. The van der Waals surface area contributed by atoms with Crippen LogP contribution in [0.3, 0.4) is 0 Å². The van der Waals surface area contributed by atoms with E-state index in [1.807, 2.05) is 19.2 Å². The summed E-state index contributed by atoms with van der Waals surface area (Å²) in [5, 5.41) is 2.83. The average Bonchev–Trinajstić information content (AvgIpc) is 2.55. The van der Waals surface area contributed by atoms with Gasteiger partial charge in [0.25, 0.3) is 5.91 Å². The minimum absolute atomic E-state index is 0.133. The predicted octanol–water partition coefficient (Wildman–Crippen LogP) is 1.50. The zero-order chi connectivity index (χ0) is 17.5. The van der Waals surface area contributed by atoms with Crippen LogP contribution in [0.15, 0.2) is 42.5 Å². The summed E-state index contributed by atoms with van der Waals surface area (Å²) in [7, 11) is 4.86.